The molecule has 1 aromatic carbocycles. The summed E-state index contributed by atoms with van der Waals surface area (Å²) in [5.41, 5.74) is 1.13. The van der Waals surface area contributed by atoms with Crippen LogP contribution in [0.3, 0.4) is 0 Å². The van der Waals surface area contributed by atoms with Gasteiger partial charge < -0.3 is 10.0 Å². The molecule has 4 nitrogen and oxygen atoms in total. The number of amides is 1. The maximum absolute atomic E-state index is 12.7. The first-order valence-corrected chi connectivity index (χ1v) is 8.50. The highest BCUT2D eigenvalue weighted by molar-refractivity contribution is 6.30. The molecule has 1 aliphatic carbocycles. The van der Waals surface area contributed by atoms with E-state index in [4.69, 9.17) is 16.7 Å². The van der Waals surface area contributed by atoms with Gasteiger partial charge in [0.15, 0.2) is 0 Å². The number of nitrogens with zero attached hydrogens (tertiary/aromatic N) is 1. The molecule has 1 aliphatic rings. The van der Waals surface area contributed by atoms with Crippen LogP contribution in [0.5, 0.6) is 0 Å². The molecule has 0 saturated heterocycles. The molecule has 0 bridgehead atoms. The van der Waals surface area contributed by atoms with Crippen LogP contribution in [0.15, 0.2) is 24.3 Å². The van der Waals surface area contributed by atoms with Crippen molar-refractivity contribution < 1.29 is 14.7 Å². The molecule has 0 heterocycles. The van der Waals surface area contributed by atoms with Gasteiger partial charge in [0.2, 0.25) is 5.91 Å². The predicted molar refractivity (Wildman–Crippen MR) is 90.5 cm³/mol. The molecule has 3 unspecified atom stereocenters. The van der Waals surface area contributed by atoms with Gasteiger partial charge in [-0.15, -0.1) is 0 Å². The normalized spacial score (nSPS) is 22.4. The number of carbonyl (C=O) groups excluding carboxylic acids is 1. The molecule has 1 aromatic rings. The molecule has 0 spiro atoms. The summed E-state index contributed by atoms with van der Waals surface area (Å²) in [4.78, 5) is 25.6. The molecule has 0 radical (unpaired) electrons. The highest BCUT2D eigenvalue weighted by Crippen LogP contribution is 2.31. The largest absolute Gasteiger partial charge is 0.481 e. The minimum absolute atomic E-state index is 0.0638. The van der Waals surface area contributed by atoms with E-state index in [9.17, 15) is 9.59 Å². The molecule has 1 saturated carbocycles. The molecule has 0 aromatic heterocycles. The summed E-state index contributed by atoms with van der Waals surface area (Å²) in [7, 11) is 1.81. The van der Waals surface area contributed by atoms with Crippen molar-refractivity contribution in [3.63, 3.8) is 0 Å². The first kappa shape index (κ1) is 17.8. The fourth-order valence-corrected chi connectivity index (χ4v) is 3.37. The Morgan fingerprint density at radius 2 is 1.87 bits per heavy atom. The minimum Gasteiger partial charge on any atom is -0.481 e. The molecular weight excluding hydrogens is 314 g/mol. The van der Waals surface area contributed by atoms with Crippen molar-refractivity contribution in [1.29, 1.82) is 0 Å². The topological polar surface area (TPSA) is 57.6 Å². The van der Waals surface area contributed by atoms with Crippen molar-refractivity contribution in [2.45, 2.75) is 45.1 Å². The lowest BCUT2D eigenvalue weighted by Gasteiger charge is -2.32. The summed E-state index contributed by atoms with van der Waals surface area (Å²) in [5.74, 6) is -1.25. The van der Waals surface area contributed by atoms with Crippen molar-refractivity contribution in [3.8, 4) is 0 Å². The van der Waals surface area contributed by atoms with E-state index in [2.05, 4.69) is 0 Å². The zero-order valence-electron chi connectivity index (χ0n) is 13.7. The van der Waals surface area contributed by atoms with Crippen LogP contribution in [0.4, 0.5) is 0 Å². The van der Waals surface area contributed by atoms with E-state index in [1.807, 2.05) is 38.2 Å². The van der Waals surface area contributed by atoms with E-state index in [0.717, 1.165) is 24.8 Å². The molecular formula is C18H24ClNO3. The lowest BCUT2D eigenvalue weighted by molar-refractivity contribution is -0.145. The van der Waals surface area contributed by atoms with Crippen LogP contribution in [0.2, 0.25) is 5.02 Å². The van der Waals surface area contributed by atoms with Gasteiger partial charge in [0.1, 0.15) is 0 Å². The average molecular weight is 338 g/mol. The molecule has 3 atom stereocenters. The second-order valence-corrected chi connectivity index (χ2v) is 6.96. The molecule has 1 amide bonds. The minimum atomic E-state index is -0.778. The Balaban J connectivity index is 1.95. The highest BCUT2D eigenvalue weighted by atomic mass is 35.5. The van der Waals surface area contributed by atoms with Gasteiger partial charge in [0, 0.05) is 24.0 Å². The van der Waals surface area contributed by atoms with Crippen LogP contribution in [0, 0.1) is 11.8 Å². The summed E-state index contributed by atoms with van der Waals surface area (Å²) in [5, 5.41) is 9.87. The third kappa shape index (κ3) is 4.71. The maximum atomic E-state index is 12.7. The van der Waals surface area contributed by atoms with Gasteiger partial charge in [-0.1, -0.05) is 30.2 Å². The highest BCUT2D eigenvalue weighted by Gasteiger charge is 2.33. The Kier molecular flexibility index (Phi) is 6.05. The lowest BCUT2D eigenvalue weighted by Crippen LogP contribution is -2.42. The molecule has 126 valence electrons. The Morgan fingerprint density at radius 1 is 1.26 bits per heavy atom. The van der Waals surface area contributed by atoms with Crippen LogP contribution in [0.25, 0.3) is 0 Å². The van der Waals surface area contributed by atoms with E-state index in [0.29, 0.717) is 17.9 Å². The Hall–Kier alpha value is -1.55. The summed E-state index contributed by atoms with van der Waals surface area (Å²) >= 11 is 5.89. The zero-order chi connectivity index (χ0) is 17.0. The molecule has 5 heteroatoms. The zero-order valence-corrected chi connectivity index (χ0v) is 14.4. The fourth-order valence-electron chi connectivity index (χ4n) is 3.24. The second kappa shape index (κ2) is 7.82. The molecule has 0 aliphatic heterocycles. The van der Waals surface area contributed by atoms with Crippen molar-refractivity contribution in [2.75, 3.05) is 7.05 Å². The van der Waals surface area contributed by atoms with Crippen molar-refractivity contribution >= 4 is 23.5 Å². The van der Waals surface area contributed by atoms with Gasteiger partial charge in [0.05, 0.1) is 5.92 Å². The van der Waals surface area contributed by atoms with Crippen molar-refractivity contribution in [2.24, 2.45) is 11.8 Å². The van der Waals surface area contributed by atoms with Crippen molar-refractivity contribution in [1.82, 2.24) is 4.90 Å². The van der Waals surface area contributed by atoms with Gasteiger partial charge in [-0.05, 0) is 50.3 Å². The number of likely N-dealkylation sites (N-methyl/N-ethyl adjacent to an activating group) is 1. The van der Waals surface area contributed by atoms with Crippen LogP contribution >= 0.6 is 11.6 Å². The number of halogens is 1. The van der Waals surface area contributed by atoms with Gasteiger partial charge in [-0.2, -0.15) is 0 Å². The second-order valence-electron chi connectivity index (χ2n) is 6.53. The predicted octanol–water partition coefficient (Wildman–Crippen LogP) is 3.62. The van der Waals surface area contributed by atoms with Crippen LogP contribution in [-0.4, -0.2) is 35.0 Å². The number of hydrogen-bond acceptors (Lipinski definition) is 2. The number of benzene rings is 1. The Morgan fingerprint density at radius 3 is 2.48 bits per heavy atom. The van der Waals surface area contributed by atoms with E-state index in [1.165, 1.54) is 0 Å². The smallest absolute Gasteiger partial charge is 0.306 e. The monoisotopic (exact) mass is 337 g/mol. The van der Waals surface area contributed by atoms with E-state index < -0.39 is 5.97 Å². The number of rotatable bonds is 5. The number of hydrogen-bond donors (Lipinski definition) is 1. The first-order valence-electron chi connectivity index (χ1n) is 8.12. The van der Waals surface area contributed by atoms with Gasteiger partial charge in [-0.3, -0.25) is 9.59 Å². The molecule has 1 fully saturated rings. The first-order chi connectivity index (χ1) is 10.9. The number of carbonyl (C=O) groups is 2. The van der Waals surface area contributed by atoms with E-state index >= 15 is 0 Å². The maximum Gasteiger partial charge on any atom is 0.306 e. The van der Waals surface area contributed by atoms with Crippen LogP contribution in [0.1, 0.15) is 38.2 Å². The lowest BCUT2D eigenvalue weighted by atomic mass is 9.80. The van der Waals surface area contributed by atoms with E-state index in [-0.39, 0.29) is 23.8 Å². The number of aliphatic carboxylic acids is 1. The third-order valence-electron chi connectivity index (χ3n) is 4.83. The third-order valence-corrected chi connectivity index (χ3v) is 5.08. The van der Waals surface area contributed by atoms with Crippen LogP contribution < -0.4 is 0 Å². The summed E-state index contributed by atoms with van der Waals surface area (Å²) in [6.07, 6.45) is 3.51. The van der Waals surface area contributed by atoms with E-state index in [1.54, 1.807) is 4.90 Å². The summed E-state index contributed by atoms with van der Waals surface area (Å²) in [6.45, 7) is 2.02. The Labute approximate surface area is 142 Å². The van der Waals surface area contributed by atoms with Gasteiger partial charge >= 0.3 is 5.97 Å². The van der Waals surface area contributed by atoms with Gasteiger partial charge in [0.25, 0.3) is 0 Å². The average Bonchev–Trinajstić information content (AvgIpc) is 2.55. The summed E-state index contributed by atoms with van der Waals surface area (Å²) in [6, 6.07) is 7.71. The summed E-state index contributed by atoms with van der Waals surface area (Å²) < 4.78 is 0. The van der Waals surface area contributed by atoms with Crippen molar-refractivity contribution in [3.05, 3.63) is 34.9 Å². The molecule has 23 heavy (non-hydrogen) atoms. The molecule has 2 rings (SSSR count). The Bertz CT molecular complexity index is 558. The SMILES string of the molecule is CC(Cc1ccc(Cl)cc1)N(C)C(=O)C1CCCC(C(=O)O)C1. The quantitative estimate of drug-likeness (QED) is 0.892. The molecule has 1 N–H and O–H groups in total. The van der Waals surface area contributed by atoms with Gasteiger partial charge in [-0.25, -0.2) is 0 Å². The number of carboxylic acid groups (broad SMARTS) is 1. The number of carboxylic acids is 1. The fraction of sp³-hybridized carbons (Fsp3) is 0.556. The van der Waals surface area contributed by atoms with Crippen LogP contribution in [-0.2, 0) is 16.0 Å². The standard InChI is InChI=1S/C18H24ClNO3/c1-12(10-13-6-8-16(19)9-7-13)20(2)17(21)14-4-3-5-15(11-14)18(22)23/h6-9,12,14-15H,3-5,10-11H2,1-2H3,(H,22,23).